The lowest BCUT2D eigenvalue weighted by molar-refractivity contribution is -0.138. The lowest BCUT2D eigenvalue weighted by atomic mass is 10.4. The van der Waals surface area contributed by atoms with Crippen LogP contribution in [0.3, 0.4) is 0 Å². The molecular formula is C6H12N2O4S2. The summed E-state index contributed by atoms with van der Waals surface area (Å²) in [6, 6.07) is -1.85. The van der Waals surface area contributed by atoms with E-state index in [1.165, 1.54) is 21.6 Å². The van der Waals surface area contributed by atoms with E-state index in [4.69, 9.17) is 21.7 Å². The number of hydrogen-bond acceptors (Lipinski definition) is 6. The SMILES string of the molecule is N[C@@H](CS[35S]C[C@H](N)C(=O)O)C(=O)O. The van der Waals surface area contributed by atoms with Gasteiger partial charge in [-0.2, -0.15) is 0 Å². The van der Waals surface area contributed by atoms with Gasteiger partial charge in [0.25, 0.3) is 0 Å². The maximum Gasteiger partial charge on any atom is 0.321 e. The number of aliphatic carboxylic acids is 2. The summed E-state index contributed by atoms with van der Waals surface area (Å²) in [5, 5.41) is 16.8. The van der Waals surface area contributed by atoms with E-state index in [9.17, 15) is 9.59 Å². The molecule has 0 aromatic rings. The number of hydrogen-bond donors (Lipinski definition) is 4. The van der Waals surface area contributed by atoms with Crippen LogP contribution in [0.5, 0.6) is 0 Å². The van der Waals surface area contributed by atoms with Crippen molar-refractivity contribution in [1.82, 2.24) is 0 Å². The zero-order valence-electron chi connectivity index (χ0n) is 7.25. The van der Waals surface area contributed by atoms with Crippen molar-refractivity contribution >= 4 is 33.5 Å². The Hall–Kier alpha value is -0.440. The lowest BCUT2D eigenvalue weighted by Crippen LogP contribution is -2.33. The summed E-state index contributed by atoms with van der Waals surface area (Å²) in [4.78, 5) is 20.5. The molecule has 0 fully saturated rings. The summed E-state index contributed by atoms with van der Waals surface area (Å²) in [5.74, 6) is -1.68. The van der Waals surface area contributed by atoms with Gasteiger partial charge in [0.1, 0.15) is 12.1 Å². The van der Waals surface area contributed by atoms with Crippen LogP contribution in [0.2, 0.25) is 0 Å². The molecule has 82 valence electrons. The summed E-state index contributed by atoms with van der Waals surface area (Å²) in [7, 11) is 2.41. The first kappa shape index (κ1) is 13.6. The van der Waals surface area contributed by atoms with Crippen molar-refractivity contribution in [2.45, 2.75) is 12.1 Å². The van der Waals surface area contributed by atoms with Gasteiger partial charge >= 0.3 is 11.9 Å². The highest BCUT2D eigenvalue weighted by molar-refractivity contribution is 8.76. The van der Waals surface area contributed by atoms with Crippen molar-refractivity contribution in [3.63, 3.8) is 0 Å². The molecule has 0 aromatic carbocycles. The van der Waals surface area contributed by atoms with E-state index >= 15 is 0 Å². The lowest BCUT2D eigenvalue weighted by Gasteiger charge is -2.07. The summed E-state index contributed by atoms with van der Waals surface area (Å²) in [6.07, 6.45) is 0. The molecule has 0 bridgehead atoms. The average molecular weight is 243 g/mol. The first-order valence-corrected chi connectivity index (χ1v) is 6.15. The molecule has 0 rings (SSSR count). The quantitative estimate of drug-likeness (QED) is 0.338. The van der Waals surface area contributed by atoms with Crippen molar-refractivity contribution in [3.8, 4) is 0 Å². The van der Waals surface area contributed by atoms with Crippen LogP contribution in [0, 0.1) is 0 Å². The Morgan fingerprint density at radius 3 is 2.14 bits per heavy atom. The van der Waals surface area contributed by atoms with Gasteiger partial charge in [-0.1, -0.05) is 21.6 Å². The molecule has 0 aromatic heterocycles. The Morgan fingerprint density at radius 1 is 1.21 bits per heavy atom. The Morgan fingerprint density at radius 2 is 1.71 bits per heavy atom. The first-order valence-electron chi connectivity index (χ1n) is 3.66. The van der Waals surface area contributed by atoms with Gasteiger partial charge in [0.15, 0.2) is 0 Å². The highest BCUT2D eigenvalue weighted by Gasteiger charge is 2.14. The van der Waals surface area contributed by atoms with Gasteiger partial charge in [0.05, 0.1) is 0 Å². The van der Waals surface area contributed by atoms with Crippen molar-refractivity contribution in [3.05, 3.63) is 0 Å². The monoisotopic (exact) mass is 243 g/mol. The van der Waals surface area contributed by atoms with Gasteiger partial charge in [-0.3, -0.25) is 9.59 Å². The van der Waals surface area contributed by atoms with E-state index in [-0.39, 0.29) is 11.5 Å². The topological polar surface area (TPSA) is 127 Å². The molecular weight excluding hydrogens is 231 g/mol. The van der Waals surface area contributed by atoms with Crippen LogP contribution in [0.15, 0.2) is 0 Å². The minimum absolute atomic E-state index is 0.229. The third-order valence-electron chi connectivity index (χ3n) is 1.21. The smallest absolute Gasteiger partial charge is 0.321 e. The molecule has 6 N–H and O–H groups in total. The zero-order valence-corrected chi connectivity index (χ0v) is 8.88. The zero-order chi connectivity index (χ0) is 11.1. The van der Waals surface area contributed by atoms with Gasteiger partial charge in [0, 0.05) is 11.5 Å². The van der Waals surface area contributed by atoms with Crippen LogP contribution in [0.4, 0.5) is 0 Å². The predicted molar refractivity (Wildman–Crippen MR) is 56.1 cm³/mol. The number of carboxylic acids is 2. The molecule has 0 saturated heterocycles. The molecule has 6 nitrogen and oxygen atoms in total. The number of carboxylic acid groups (broad SMARTS) is 2. The molecule has 0 spiro atoms. The summed E-state index contributed by atoms with van der Waals surface area (Å²) in [5.41, 5.74) is 10.4. The molecule has 0 unspecified atom stereocenters. The average Bonchev–Trinajstić information content (AvgIpc) is 2.11. The fourth-order valence-electron chi connectivity index (χ4n) is 0.385. The molecule has 0 saturated carbocycles. The fourth-order valence-corrected chi connectivity index (χ4v) is 2.61. The van der Waals surface area contributed by atoms with Gasteiger partial charge in [-0.15, -0.1) is 0 Å². The second-order valence-corrected chi connectivity index (χ2v) is 5.01. The molecule has 0 aliphatic heterocycles. The Kier molecular flexibility index (Phi) is 6.71. The number of nitrogens with two attached hydrogens (primary N) is 2. The Labute approximate surface area is 88.8 Å². The van der Waals surface area contributed by atoms with Crippen LogP contribution < -0.4 is 11.5 Å². The molecule has 0 aliphatic rings. The fraction of sp³-hybridized carbons (Fsp3) is 0.667. The summed E-state index contributed by atoms with van der Waals surface area (Å²) >= 11 is 0. The normalized spacial score (nSPS) is 14.7. The molecule has 14 heavy (non-hydrogen) atoms. The summed E-state index contributed by atoms with van der Waals surface area (Å²) in [6.45, 7) is 0. The van der Waals surface area contributed by atoms with E-state index < -0.39 is 24.0 Å². The second kappa shape index (κ2) is 6.93. The molecule has 0 aliphatic carbocycles. The number of rotatable bonds is 7. The molecule has 8 heteroatoms. The minimum Gasteiger partial charge on any atom is -0.480 e. The van der Waals surface area contributed by atoms with Gasteiger partial charge in [-0.05, 0) is 0 Å². The predicted octanol–water partition coefficient (Wildman–Crippen LogP) is -0.808. The minimum atomic E-state index is -1.07. The van der Waals surface area contributed by atoms with Crippen LogP contribution in [0.1, 0.15) is 0 Å². The standard InChI is InChI=1S/C6H12N2O4S2/c7-3(5(9)10)1-13-14-2-4(8)6(11)12/h3-4H,1-2,7-8H2,(H,9,10)(H,11,12)/t3-,4-/m0/s1/i13+3. The van der Waals surface area contributed by atoms with Crippen LogP contribution in [-0.4, -0.2) is 45.7 Å². The molecule has 0 heterocycles. The van der Waals surface area contributed by atoms with Crippen molar-refractivity contribution in [2.75, 3.05) is 11.5 Å². The highest BCUT2D eigenvalue weighted by atomic mass is 35.3. The second-order valence-electron chi connectivity index (χ2n) is 2.46. The third kappa shape index (κ3) is 6.08. The highest BCUT2D eigenvalue weighted by Crippen LogP contribution is 2.22. The van der Waals surface area contributed by atoms with Gasteiger partial charge in [-0.25, -0.2) is 0 Å². The van der Waals surface area contributed by atoms with Crippen LogP contribution >= 0.6 is 21.6 Å². The Balaban J connectivity index is 3.47. The number of carbonyl (C=O) groups is 2. The van der Waals surface area contributed by atoms with E-state index in [2.05, 4.69) is 0 Å². The van der Waals surface area contributed by atoms with Gasteiger partial charge < -0.3 is 21.7 Å². The Bertz CT molecular complexity index is 192. The molecule has 0 radical (unpaired) electrons. The van der Waals surface area contributed by atoms with Crippen molar-refractivity contribution < 1.29 is 19.8 Å². The van der Waals surface area contributed by atoms with E-state index in [1.54, 1.807) is 0 Å². The van der Waals surface area contributed by atoms with Crippen LogP contribution in [0.25, 0.3) is 0 Å². The summed E-state index contributed by atoms with van der Waals surface area (Å²) < 4.78 is 0. The van der Waals surface area contributed by atoms with Crippen LogP contribution in [-0.2, 0) is 9.59 Å². The van der Waals surface area contributed by atoms with E-state index in [1.807, 2.05) is 0 Å². The maximum absolute atomic E-state index is 10.3. The molecule has 2 atom stereocenters. The molecule has 0 amide bonds. The van der Waals surface area contributed by atoms with Crippen molar-refractivity contribution in [2.24, 2.45) is 11.5 Å². The van der Waals surface area contributed by atoms with Crippen molar-refractivity contribution in [1.29, 1.82) is 0 Å². The van der Waals surface area contributed by atoms with E-state index in [0.29, 0.717) is 0 Å². The third-order valence-corrected chi connectivity index (χ3v) is 3.69. The van der Waals surface area contributed by atoms with Gasteiger partial charge in [0.2, 0.25) is 0 Å². The largest absolute Gasteiger partial charge is 0.480 e. The van der Waals surface area contributed by atoms with E-state index in [0.717, 1.165) is 0 Å². The maximum atomic E-state index is 10.3. The first-order chi connectivity index (χ1) is 6.45.